The molecule has 4 bridgehead atoms. The molecule has 0 radical (unpaired) electrons. The van der Waals surface area contributed by atoms with Gasteiger partial charge in [0.2, 0.25) is 5.91 Å². The first-order chi connectivity index (χ1) is 13.8. The van der Waals surface area contributed by atoms with Crippen molar-refractivity contribution in [3.63, 3.8) is 0 Å². The average Bonchev–Trinajstić information content (AvgIpc) is 3.04. The molecule has 2 aromatic rings. The molecule has 0 spiro atoms. The minimum absolute atomic E-state index is 0.121. The maximum absolute atomic E-state index is 14.1. The van der Waals surface area contributed by atoms with Crippen molar-refractivity contribution >= 4 is 32.6 Å². The van der Waals surface area contributed by atoms with Crippen molar-refractivity contribution in [1.29, 1.82) is 0 Å². The quantitative estimate of drug-likeness (QED) is 0.693. The minimum Gasteiger partial charge on any atom is -0.308 e. The van der Waals surface area contributed by atoms with Crippen LogP contribution < -0.4 is 4.90 Å². The Balaban J connectivity index is 1.52. The monoisotopic (exact) mass is 411 g/mol. The van der Waals surface area contributed by atoms with Gasteiger partial charge in [0.15, 0.2) is 5.13 Å². The molecule has 0 atom stereocenters. The summed E-state index contributed by atoms with van der Waals surface area (Å²) in [4.78, 5) is 23.3. The first-order valence-electron chi connectivity index (χ1n) is 11.2. The Hall–Kier alpha value is -1.46. The standard InChI is InChI=1S/C24H33N3OS/c1-15-7-16(2)21-20(8-15)29-23(25-21)27(6-5-26(3)4)22(28)24-12-17-9-18(13-24)11-19(10-17)14-24/h7-8,17-19H,5-6,9-14H2,1-4H3. The van der Waals surface area contributed by atoms with E-state index >= 15 is 0 Å². The van der Waals surface area contributed by atoms with Gasteiger partial charge in [-0.05, 0) is 101 Å². The fourth-order valence-corrected chi connectivity index (χ4v) is 7.88. The van der Waals surface area contributed by atoms with Crippen molar-refractivity contribution < 1.29 is 4.79 Å². The number of rotatable bonds is 5. The van der Waals surface area contributed by atoms with Gasteiger partial charge in [0.1, 0.15) is 0 Å². The molecule has 6 rings (SSSR count). The first kappa shape index (κ1) is 19.5. The van der Waals surface area contributed by atoms with E-state index in [1.54, 1.807) is 11.3 Å². The third-order valence-electron chi connectivity index (χ3n) is 7.56. The lowest BCUT2D eigenvalue weighted by atomic mass is 9.49. The predicted octanol–water partition coefficient (Wildman–Crippen LogP) is 5.02. The molecule has 4 aliphatic carbocycles. The first-order valence-corrected chi connectivity index (χ1v) is 12.0. The Bertz CT molecular complexity index is 912. The number of benzene rings is 1. The summed E-state index contributed by atoms with van der Waals surface area (Å²) in [5, 5.41) is 0.899. The summed E-state index contributed by atoms with van der Waals surface area (Å²) < 4.78 is 1.20. The number of hydrogen-bond acceptors (Lipinski definition) is 4. The van der Waals surface area contributed by atoms with Crippen molar-refractivity contribution in [2.45, 2.75) is 52.4 Å². The molecule has 156 valence electrons. The molecular formula is C24H33N3OS. The second-order valence-corrected chi connectivity index (χ2v) is 11.4. The largest absolute Gasteiger partial charge is 0.308 e. The average molecular weight is 412 g/mol. The molecule has 4 nitrogen and oxygen atoms in total. The van der Waals surface area contributed by atoms with Crippen molar-refractivity contribution in [2.75, 3.05) is 32.1 Å². The molecule has 4 fully saturated rings. The number of carbonyl (C=O) groups is 1. The number of hydrogen-bond donors (Lipinski definition) is 0. The van der Waals surface area contributed by atoms with Gasteiger partial charge in [0.05, 0.1) is 15.6 Å². The van der Waals surface area contributed by atoms with Gasteiger partial charge in [-0.1, -0.05) is 17.4 Å². The highest BCUT2D eigenvalue weighted by molar-refractivity contribution is 7.22. The van der Waals surface area contributed by atoms with Crippen LogP contribution >= 0.6 is 11.3 Å². The number of amides is 1. The third-order valence-corrected chi connectivity index (χ3v) is 8.58. The molecule has 1 aromatic heterocycles. The topological polar surface area (TPSA) is 36.4 Å². The maximum Gasteiger partial charge on any atom is 0.235 e. The highest BCUT2D eigenvalue weighted by Crippen LogP contribution is 2.60. The fourth-order valence-electron chi connectivity index (χ4n) is 6.72. The number of thiazole rings is 1. The number of aromatic nitrogens is 1. The second kappa shape index (κ2) is 7.05. The van der Waals surface area contributed by atoms with Crippen LogP contribution in [0, 0.1) is 37.0 Å². The van der Waals surface area contributed by atoms with Crippen LogP contribution in [0.15, 0.2) is 12.1 Å². The normalized spacial score (nSPS) is 30.4. The molecule has 0 N–H and O–H groups in total. The van der Waals surface area contributed by atoms with Crippen LogP contribution in [-0.2, 0) is 4.79 Å². The summed E-state index contributed by atoms with van der Waals surface area (Å²) in [5.41, 5.74) is 3.41. The number of likely N-dealkylation sites (N-methyl/N-ethyl adjacent to an activating group) is 1. The smallest absolute Gasteiger partial charge is 0.235 e. The Morgan fingerprint density at radius 3 is 2.28 bits per heavy atom. The van der Waals surface area contributed by atoms with Crippen LogP contribution in [0.25, 0.3) is 10.2 Å². The summed E-state index contributed by atoms with van der Waals surface area (Å²) in [6.45, 7) is 5.86. The molecule has 1 aromatic carbocycles. The van der Waals surface area contributed by atoms with Crippen molar-refractivity contribution in [2.24, 2.45) is 23.2 Å². The Morgan fingerprint density at radius 2 is 1.69 bits per heavy atom. The zero-order valence-electron chi connectivity index (χ0n) is 18.2. The number of anilines is 1. The zero-order valence-corrected chi connectivity index (χ0v) is 19.0. The number of carbonyl (C=O) groups excluding carboxylic acids is 1. The highest BCUT2D eigenvalue weighted by Gasteiger charge is 2.56. The van der Waals surface area contributed by atoms with Gasteiger partial charge in [0, 0.05) is 13.1 Å². The third kappa shape index (κ3) is 3.40. The second-order valence-electron chi connectivity index (χ2n) is 10.4. The molecular weight excluding hydrogens is 378 g/mol. The van der Waals surface area contributed by atoms with E-state index in [9.17, 15) is 4.79 Å². The van der Waals surface area contributed by atoms with Gasteiger partial charge in [-0.2, -0.15) is 0 Å². The number of nitrogens with zero attached hydrogens (tertiary/aromatic N) is 3. The SMILES string of the molecule is Cc1cc(C)c2nc(N(CCN(C)C)C(=O)C34CC5CC(CC(C5)C3)C4)sc2c1. The van der Waals surface area contributed by atoms with Gasteiger partial charge in [-0.25, -0.2) is 4.98 Å². The van der Waals surface area contributed by atoms with Crippen LogP contribution in [0.4, 0.5) is 5.13 Å². The van der Waals surface area contributed by atoms with Crippen molar-refractivity contribution in [3.05, 3.63) is 23.3 Å². The number of aryl methyl sites for hydroxylation is 2. The summed E-state index contributed by atoms with van der Waals surface area (Å²) in [7, 11) is 4.17. The molecule has 1 amide bonds. The zero-order chi connectivity index (χ0) is 20.3. The molecule has 0 unspecified atom stereocenters. The van der Waals surface area contributed by atoms with Gasteiger partial charge < -0.3 is 4.90 Å². The van der Waals surface area contributed by atoms with Crippen LogP contribution in [-0.4, -0.2) is 43.0 Å². The van der Waals surface area contributed by atoms with E-state index in [-0.39, 0.29) is 5.41 Å². The van der Waals surface area contributed by atoms with E-state index < -0.39 is 0 Å². The van der Waals surface area contributed by atoms with Crippen LogP contribution in [0.5, 0.6) is 0 Å². The lowest BCUT2D eigenvalue weighted by molar-refractivity contribution is -0.143. The van der Waals surface area contributed by atoms with Crippen molar-refractivity contribution in [3.8, 4) is 0 Å². The van der Waals surface area contributed by atoms with Crippen LogP contribution in [0.3, 0.4) is 0 Å². The van der Waals surface area contributed by atoms with Gasteiger partial charge in [0.25, 0.3) is 0 Å². The summed E-state index contributed by atoms with van der Waals surface area (Å²) in [6, 6.07) is 4.40. The van der Waals surface area contributed by atoms with Crippen molar-refractivity contribution in [1.82, 2.24) is 9.88 Å². The summed E-state index contributed by atoms with van der Waals surface area (Å²) in [5.74, 6) is 2.70. The minimum atomic E-state index is -0.121. The van der Waals surface area contributed by atoms with E-state index in [4.69, 9.17) is 4.98 Å². The van der Waals surface area contributed by atoms with E-state index in [2.05, 4.69) is 49.9 Å². The van der Waals surface area contributed by atoms with Gasteiger partial charge >= 0.3 is 0 Å². The lowest BCUT2D eigenvalue weighted by Gasteiger charge is -2.56. The predicted molar refractivity (Wildman–Crippen MR) is 121 cm³/mol. The summed E-state index contributed by atoms with van der Waals surface area (Å²) in [6.07, 6.45) is 7.43. The van der Waals surface area contributed by atoms with E-state index in [0.717, 1.165) is 60.8 Å². The summed E-state index contributed by atoms with van der Waals surface area (Å²) >= 11 is 1.69. The van der Waals surface area contributed by atoms with Gasteiger partial charge in [-0.15, -0.1) is 0 Å². The highest BCUT2D eigenvalue weighted by atomic mass is 32.1. The fraction of sp³-hybridized carbons (Fsp3) is 0.667. The Labute approximate surface area is 178 Å². The van der Waals surface area contributed by atoms with Crippen LogP contribution in [0.2, 0.25) is 0 Å². The lowest BCUT2D eigenvalue weighted by Crippen LogP contribution is -2.55. The van der Waals surface area contributed by atoms with E-state index in [0.29, 0.717) is 5.91 Å². The van der Waals surface area contributed by atoms with E-state index in [1.807, 2.05) is 0 Å². The maximum atomic E-state index is 14.1. The molecule has 4 aliphatic rings. The van der Waals surface area contributed by atoms with Gasteiger partial charge in [-0.3, -0.25) is 9.69 Å². The van der Waals surface area contributed by atoms with Crippen LogP contribution in [0.1, 0.15) is 49.7 Å². The molecule has 29 heavy (non-hydrogen) atoms. The van der Waals surface area contributed by atoms with E-state index in [1.165, 1.54) is 35.1 Å². The Kier molecular flexibility index (Phi) is 4.74. The number of fused-ring (bicyclic) bond motifs is 1. The molecule has 0 saturated heterocycles. The Morgan fingerprint density at radius 1 is 1.07 bits per heavy atom. The molecule has 0 aliphatic heterocycles. The molecule has 5 heteroatoms. The molecule has 4 saturated carbocycles. The molecule has 1 heterocycles.